The van der Waals surface area contributed by atoms with E-state index in [1.807, 2.05) is 6.07 Å². The number of fused-ring (bicyclic) bond motifs is 3. The number of carbonyl (C=O) groups is 3. The van der Waals surface area contributed by atoms with Gasteiger partial charge in [-0.05, 0) is 25.5 Å². The number of hydrogen-bond donors (Lipinski definition) is 5. The summed E-state index contributed by atoms with van der Waals surface area (Å²) in [5.41, 5.74) is -2.56. The molecule has 1 aliphatic heterocycles. The van der Waals surface area contributed by atoms with E-state index in [1.54, 1.807) is 31.2 Å². The quantitative estimate of drug-likeness (QED) is 0.185. The molecule has 3 aromatic carbocycles. The van der Waals surface area contributed by atoms with Gasteiger partial charge in [0.2, 0.25) is 5.78 Å². The van der Waals surface area contributed by atoms with Crippen LogP contribution in [0.3, 0.4) is 0 Å². The summed E-state index contributed by atoms with van der Waals surface area (Å²) in [7, 11) is 1.34. The molecule has 0 saturated carbocycles. The van der Waals surface area contributed by atoms with E-state index in [0.717, 1.165) is 0 Å². The van der Waals surface area contributed by atoms with Crippen molar-refractivity contribution < 1.29 is 49.0 Å². The molecule has 5 unspecified atom stereocenters. The first-order valence-electron chi connectivity index (χ1n) is 15.2. The van der Waals surface area contributed by atoms with Gasteiger partial charge in [-0.2, -0.15) is 5.26 Å². The minimum Gasteiger partial charge on any atom is -0.507 e. The predicted octanol–water partition coefficient (Wildman–Crippen LogP) is 2.92. The summed E-state index contributed by atoms with van der Waals surface area (Å²) >= 11 is 0. The van der Waals surface area contributed by atoms with Crippen LogP contribution in [-0.2, 0) is 20.7 Å². The van der Waals surface area contributed by atoms with Crippen molar-refractivity contribution in [2.75, 3.05) is 7.11 Å². The number of benzene rings is 3. The van der Waals surface area contributed by atoms with Crippen LogP contribution in [0.25, 0.3) is 0 Å². The highest BCUT2D eigenvalue weighted by atomic mass is 16.7. The number of nitrogens with zero attached hydrogens (tertiary/aromatic N) is 1. The number of nitrogens with one attached hydrogen (secondary N) is 1. The van der Waals surface area contributed by atoms with Crippen LogP contribution in [-0.4, -0.2) is 75.0 Å². The third-order valence-electron chi connectivity index (χ3n) is 9.40. The topological polar surface area (TPSA) is 196 Å². The SMILES string of the molecule is COc1cccc2c1C(=O)c1c(O)c3c(c(O)c1C2=O)C[C@@](O)(C(C)=O)C[C@@H]3OC1CC(NC(C#N)c2ccccc2)C(O)C(C)O1. The molecule has 1 saturated heterocycles. The fourth-order valence-electron chi connectivity index (χ4n) is 6.86. The second kappa shape index (κ2) is 12.2. The number of hydrogen-bond acceptors (Lipinski definition) is 12. The van der Waals surface area contributed by atoms with Crippen LogP contribution in [0.4, 0.5) is 0 Å². The van der Waals surface area contributed by atoms with E-state index < -0.39 is 88.7 Å². The number of carbonyl (C=O) groups excluding carboxylic acids is 3. The molecule has 0 aromatic heterocycles. The third-order valence-corrected chi connectivity index (χ3v) is 9.40. The van der Waals surface area contributed by atoms with Crippen LogP contribution < -0.4 is 10.1 Å². The highest BCUT2D eigenvalue weighted by Crippen LogP contribution is 2.52. The monoisotopic (exact) mass is 642 g/mol. The Morgan fingerprint density at radius 1 is 1.06 bits per heavy atom. The summed E-state index contributed by atoms with van der Waals surface area (Å²) in [4.78, 5) is 40.3. The summed E-state index contributed by atoms with van der Waals surface area (Å²) < 4.78 is 17.6. The number of aliphatic hydroxyl groups excluding tert-OH is 1. The lowest BCUT2D eigenvalue weighted by Crippen LogP contribution is -2.55. The Bertz CT molecular complexity index is 1820. The molecule has 0 amide bonds. The number of rotatable bonds is 7. The van der Waals surface area contributed by atoms with Crippen molar-refractivity contribution >= 4 is 17.3 Å². The lowest BCUT2D eigenvalue weighted by molar-refractivity contribution is -0.250. The lowest BCUT2D eigenvalue weighted by Gasteiger charge is -2.43. The Morgan fingerprint density at radius 3 is 2.43 bits per heavy atom. The zero-order chi connectivity index (χ0) is 33.8. The Kier molecular flexibility index (Phi) is 8.38. The Labute approximate surface area is 270 Å². The van der Waals surface area contributed by atoms with E-state index in [9.17, 15) is 40.1 Å². The normalized spacial score (nSPS) is 27.2. The summed E-state index contributed by atoms with van der Waals surface area (Å²) in [6, 6.07) is 14.1. The van der Waals surface area contributed by atoms with E-state index in [4.69, 9.17) is 14.2 Å². The number of nitriles is 1. The Hall–Kier alpha value is -4.64. The van der Waals surface area contributed by atoms with Gasteiger partial charge in [0.05, 0.1) is 48.2 Å². The molecular weight excluding hydrogens is 608 g/mol. The molecule has 7 atom stereocenters. The molecule has 244 valence electrons. The van der Waals surface area contributed by atoms with Gasteiger partial charge in [0.15, 0.2) is 17.9 Å². The highest BCUT2D eigenvalue weighted by Gasteiger charge is 2.49. The first kappa shape index (κ1) is 32.3. The molecule has 3 aliphatic rings. The molecule has 1 heterocycles. The van der Waals surface area contributed by atoms with Crippen molar-refractivity contribution in [1.82, 2.24) is 5.32 Å². The van der Waals surface area contributed by atoms with Crippen LogP contribution in [0.1, 0.15) is 87.4 Å². The molecular formula is C35H34N2O10. The van der Waals surface area contributed by atoms with Crippen LogP contribution in [0, 0.1) is 11.3 Å². The average molecular weight is 643 g/mol. The number of ether oxygens (including phenoxy) is 3. The first-order chi connectivity index (χ1) is 22.4. The van der Waals surface area contributed by atoms with Gasteiger partial charge in [0.25, 0.3) is 0 Å². The van der Waals surface area contributed by atoms with Crippen molar-refractivity contribution in [3.05, 3.63) is 87.5 Å². The average Bonchev–Trinajstić information content (AvgIpc) is 3.05. The van der Waals surface area contributed by atoms with Crippen LogP contribution >= 0.6 is 0 Å². The van der Waals surface area contributed by atoms with Crippen molar-refractivity contribution in [3.8, 4) is 23.3 Å². The third kappa shape index (κ3) is 5.36. The smallest absolute Gasteiger partial charge is 0.202 e. The maximum absolute atomic E-state index is 13.9. The van der Waals surface area contributed by atoms with Gasteiger partial charge >= 0.3 is 0 Å². The molecule has 0 spiro atoms. The summed E-state index contributed by atoms with van der Waals surface area (Å²) in [5, 5.41) is 58.7. The number of Topliss-reactive ketones (excluding diaryl/α,β-unsaturated/α-hetero) is 1. The molecule has 1 fully saturated rings. The van der Waals surface area contributed by atoms with Crippen molar-refractivity contribution in [2.24, 2.45) is 0 Å². The van der Waals surface area contributed by atoms with E-state index in [-0.39, 0.29) is 40.8 Å². The fraction of sp³-hybridized carbons (Fsp3) is 0.371. The first-order valence-corrected chi connectivity index (χ1v) is 15.2. The van der Waals surface area contributed by atoms with Gasteiger partial charge in [-0.3, -0.25) is 19.7 Å². The zero-order valence-electron chi connectivity index (χ0n) is 25.9. The fourth-order valence-corrected chi connectivity index (χ4v) is 6.86. The molecule has 0 bridgehead atoms. The number of methoxy groups -OCH3 is 1. The van der Waals surface area contributed by atoms with Gasteiger partial charge in [-0.25, -0.2) is 0 Å². The van der Waals surface area contributed by atoms with Gasteiger partial charge in [0.1, 0.15) is 28.9 Å². The summed E-state index contributed by atoms with van der Waals surface area (Å²) in [6.07, 6.45) is -5.04. The van der Waals surface area contributed by atoms with Gasteiger partial charge in [-0.1, -0.05) is 42.5 Å². The van der Waals surface area contributed by atoms with E-state index in [0.29, 0.717) is 5.56 Å². The molecule has 3 aromatic rings. The van der Waals surface area contributed by atoms with Gasteiger partial charge in [-0.15, -0.1) is 0 Å². The molecule has 47 heavy (non-hydrogen) atoms. The number of phenolic OH excluding ortho intramolecular Hbond substituents is 2. The van der Waals surface area contributed by atoms with Crippen LogP contribution in [0.2, 0.25) is 0 Å². The molecule has 12 nitrogen and oxygen atoms in total. The minimum atomic E-state index is -2.06. The van der Waals surface area contributed by atoms with Crippen molar-refractivity contribution in [1.29, 1.82) is 5.26 Å². The molecule has 5 N–H and O–H groups in total. The Morgan fingerprint density at radius 2 is 1.77 bits per heavy atom. The van der Waals surface area contributed by atoms with Crippen LogP contribution in [0.15, 0.2) is 48.5 Å². The largest absolute Gasteiger partial charge is 0.507 e. The lowest BCUT2D eigenvalue weighted by atomic mass is 9.72. The second-order valence-electron chi connectivity index (χ2n) is 12.2. The second-order valence-corrected chi connectivity index (χ2v) is 12.2. The van der Waals surface area contributed by atoms with Crippen molar-refractivity contribution in [2.45, 2.75) is 75.4 Å². The molecule has 2 aliphatic carbocycles. The summed E-state index contributed by atoms with van der Waals surface area (Å²) in [5.74, 6) is -3.32. The number of phenols is 2. The van der Waals surface area contributed by atoms with E-state index in [1.165, 1.54) is 32.2 Å². The van der Waals surface area contributed by atoms with Crippen LogP contribution in [0.5, 0.6) is 17.2 Å². The zero-order valence-corrected chi connectivity index (χ0v) is 25.9. The number of aliphatic hydroxyl groups is 2. The Balaban J connectivity index is 1.40. The number of aromatic hydroxyl groups is 2. The predicted molar refractivity (Wildman–Crippen MR) is 164 cm³/mol. The minimum absolute atomic E-state index is 0.0144. The van der Waals surface area contributed by atoms with E-state index >= 15 is 0 Å². The maximum atomic E-state index is 13.9. The number of ketones is 3. The van der Waals surface area contributed by atoms with Gasteiger partial charge in [0, 0.05) is 42.0 Å². The highest BCUT2D eigenvalue weighted by molar-refractivity contribution is 6.31. The standard InChI is InChI=1S/C35H34N2O10/c1-16-30(39)21(37-22(15-36)18-8-5-4-6-9-18)12-25(46-16)47-24-14-35(44,17(2)38)13-20-27(24)34(43)29-28(32(20)41)31(40)19-10-7-11-23(45-3)26(19)33(29)42/h4-11,16,21-22,24-25,30,37,39,41,43-44H,12-14H2,1-3H3/t16?,21?,22?,24-,25?,30?,35-/m0/s1. The molecule has 6 rings (SSSR count). The van der Waals surface area contributed by atoms with E-state index in [2.05, 4.69) is 11.4 Å². The molecule has 0 radical (unpaired) electrons. The van der Waals surface area contributed by atoms with Crippen molar-refractivity contribution in [3.63, 3.8) is 0 Å². The molecule has 12 heteroatoms. The maximum Gasteiger partial charge on any atom is 0.202 e. The van der Waals surface area contributed by atoms with Gasteiger partial charge < -0.3 is 34.6 Å². The summed E-state index contributed by atoms with van der Waals surface area (Å²) in [6.45, 7) is 2.80.